The Hall–Kier alpha value is -0.690. The van der Waals surface area contributed by atoms with Gasteiger partial charge in [-0.2, -0.15) is 0 Å². The minimum Gasteiger partial charge on any atom is -0.393 e. The Labute approximate surface area is 106 Å². The van der Waals surface area contributed by atoms with Gasteiger partial charge in [0.05, 0.1) is 6.10 Å². The van der Waals surface area contributed by atoms with Crippen LogP contribution in [-0.2, 0) is 10.0 Å². The van der Waals surface area contributed by atoms with E-state index in [4.69, 9.17) is 11.6 Å². The van der Waals surface area contributed by atoms with Crippen molar-refractivity contribution in [3.8, 4) is 0 Å². The summed E-state index contributed by atoms with van der Waals surface area (Å²) in [5.74, 6) is 0. The standard InChI is InChI=1S/C10H15ClN2O3S/c1-2-8(14)5-7-13-17(15,16)9-4-3-6-12-10(9)11/h3-4,6,8,13-14H,2,5,7H2,1H3. The number of hydrogen-bond donors (Lipinski definition) is 2. The number of nitrogens with zero attached hydrogens (tertiary/aromatic N) is 1. The lowest BCUT2D eigenvalue weighted by Crippen LogP contribution is -2.27. The van der Waals surface area contributed by atoms with E-state index in [0.29, 0.717) is 12.8 Å². The number of aromatic nitrogens is 1. The molecular weight excluding hydrogens is 264 g/mol. The number of aliphatic hydroxyl groups excluding tert-OH is 1. The molecule has 0 bridgehead atoms. The van der Waals surface area contributed by atoms with Gasteiger partial charge in [0.15, 0.2) is 0 Å². The van der Waals surface area contributed by atoms with Crippen LogP contribution < -0.4 is 4.72 Å². The summed E-state index contributed by atoms with van der Waals surface area (Å²) in [5.41, 5.74) is 0. The molecule has 0 aliphatic rings. The number of aliphatic hydroxyl groups is 1. The van der Waals surface area contributed by atoms with Crippen LogP contribution in [0.4, 0.5) is 0 Å². The van der Waals surface area contributed by atoms with E-state index in [1.165, 1.54) is 18.3 Å². The van der Waals surface area contributed by atoms with Crippen molar-refractivity contribution < 1.29 is 13.5 Å². The number of pyridine rings is 1. The molecule has 1 heterocycles. The molecule has 0 fully saturated rings. The average molecular weight is 279 g/mol. The zero-order valence-corrected chi connectivity index (χ0v) is 11.0. The summed E-state index contributed by atoms with van der Waals surface area (Å²) in [7, 11) is -3.65. The molecule has 1 aromatic rings. The van der Waals surface area contributed by atoms with E-state index in [2.05, 4.69) is 9.71 Å². The normalized spacial score (nSPS) is 13.6. The predicted octanol–water partition coefficient (Wildman–Crippen LogP) is 1.17. The maximum absolute atomic E-state index is 11.8. The largest absolute Gasteiger partial charge is 0.393 e. The second kappa shape index (κ2) is 6.30. The van der Waals surface area contributed by atoms with E-state index in [9.17, 15) is 13.5 Å². The molecular formula is C10H15ClN2O3S. The Morgan fingerprint density at radius 2 is 2.29 bits per heavy atom. The highest BCUT2D eigenvalue weighted by molar-refractivity contribution is 7.89. The van der Waals surface area contributed by atoms with Gasteiger partial charge in [-0.25, -0.2) is 18.1 Å². The van der Waals surface area contributed by atoms with Gasteiger partial charge in [0.1, 0.15) is 10.0 Å². The molecule has 2 N–H and O–H groups in total. The SMILES string of the molecule is CCC(O)CCNS(=O)(=O)c1cccnc1Cl. The van der Waals surface area contributed by atoms with Gasteiger partial charge in [0, 0.05) is 12.7 Å². The zero-order chi connectivity index (χ0) is 12.9. The molecule has 0 radical (unpaired) electrons. The lowest BCUT2D eigenvalue weighted by Gasteiger charge is -2.09. The second-order valence-electron chi connectivity index (χ2n) is 3.54. The molecule has 1 atom stereocenters. The lowest BCUT2D eigenvalue weighted by atomic mass is 10.2. The Morgan fingerprint density at radius 1 is 1.59 bits per heavy atom. The van der Waals surface area contributed by atoms with Crippen molar-refractivity contribution in [3.63, 3.8) is 0 Å². The Morgan fingerprint density at radius 3 is 2.88 bits per heavy atom. The number of halogens is 1. The summed E-state index contributed by atoms with van der Waals surface area (Å²) in [5, 5.41) is 9.25. The number of sulfonamides is 1. The fourth-order valence-electron chi connectivity index (χ4n) is 1.21. The van der Waals surface area contributed by atoms with Crippen LogP contribution in [0.1, 0.15) is 19.8 Å². The lowest BCUT2D eigenvalue weighted by molar-refractivity contribution is 0.162. The van der Waals surface area contributed by atoms with E-state index in [1.54, 1.807) is 0 Å². The summed E-state index contributed by atoms with van der Waals surface area (Å²) in [6.07, 6.45) is 1.88. The first-order valence-electron chi connectivity index (χ1n) is 5.25. The van der Waals surface area contributed by atoms with Crippen molar-refractivity contribution >= 4 is 21.6 Å². The number of hydrogen-bond acceptors (Lipinski definition) is 4. The molecule has 0 aliphatic carbocycles. The van der Waals surface area contributed by atoms with Crippen LogP contribution in [0, 0.1) is 0 Å². The summed E-state index contributed by atoms with van der Waals surface area (Å²) in [6, 6.07) is 2.88. The first kappa shape index (κ1) is 14.4. The van der Waals surface area contributed by atoms with Crippen LogP contribution in [0.5, 0.6) is 0 Å². The van der Waals surface area contributed by atoms with Gasteiger partial charge < -0.3 is 5.11 Å². The molecule has 0 aliphatic heterocycles. The van der Waals surface area contributed by atoms with Gasteiger partial charge in [0.2, 0.25) is 10.0 Å². The Bertz CT molecular complexity index is 464. The molecule has 0 saturated heterocycles. The monoisotopic (exact) mass is 278 g/mol. The third-order valence-corrected chi connectivity index (χ3v) is 4.16. The average Bonchev–Trinajstić information content (AvgIpc) is 2.28. The van der Waals surface area contributed by atoms with Crippen LogP contribution >= 0.6 is 11.6 Å². The third-order valence-electron chi connectivity index (χ3n) is 2.26. The highest BCUT2D eigenvalue weighted by atomic mass is 35.5. The van der Waals surface area contributed by atoms with Gasteiger partial charge in [-0.15, -0.1) is 0 Å². The van der Waals surface area contributed by atoms with E-state index in [1.807, 2.05) is 6.92 Å². The number of rotatable bonds is 6. The van der Waals surface area contributed by atoms with E-state index >= 15 is 0 Å². The molecule has 0 amide bonds. The third kappa shape index (κ3) is 4.23. The minimum absolute atomic E-state index is 0.0485. The summed E-state index contributed by atoms with van der Waals surface area (Å²) < 4.78 is 26.0. The zero-order valence-electron chi connectivity index (χ0n) is 9.43. The predicted molar refractivity (Wildman–Crippen MR) is 65.4 cm³/mol. The molecule has 7 heteroatoms. The molecule has 5 nitrogen and oxygen atoms in total. The maximum atomic E-state index is 11.8. The fraction of sp³-hybridized carbons (Fsp3) is 0.500. The molecule has 17 heavy (non-hydrogen) atoms. The van der Waals surface area contributed by atoms with Gasteiger partial charge in [-0.1, -0.05) is 18.5 Å². The molecule has 1 aromatic heterocycles. The number of nitrogens with one attached hydrogen (secondary N) is 1. The van der Waals surface area contributed by atoms with Crippen LogP contribution in [0.2, 0.25) is 5.15 Å². The highest BCUT2D eigenvalue weighted by Crippen LogP contribution is 2.17. The molecule has 0 aromatic carbocycles. The smallest absolute Gasteiger partial charge is 0.243 e. The fourth-order valence-corrected chi connectivity index (χ4v) is 2.71. The molecule has 96 valence electrons. The quantitative estimate of drug-likeness (QED) is 0.766. The van der Waals surface area contributed by atoms with Crippen LogP contribution in [-0.4, -0.2) is 31.2 Å². The van der Waals surface area contributed by atoms with Crippen LogP contribution in [0.25, 0.3) is 0 Å². The summed E-state index contributed by atoms with van der Waals surface area (Å²) >= 11 is 5.70. The van der Waals surface area contributed by atoms with E-state index in [-0.39, 0.29) is 16.6 Å². The summed E-state index contributed by atoms with van der Waals surface area (Å²) in [4.78, 5) is 3.65. The molecule has 0 saturated carbocycles. The van der Waals surface area contributed by atoms with Crippen molar-refractivity contribution in [3.05, 3.63) is 23.5 Å². The van der Waals surface area contributed by atoms with Gasteiger partial charge in [-0.05, 0) is 25.0 Å². The van der Waals surface area contributed by atoms with Crippen molar-refractivity contribution in [1.29, 1.82) is 0 Å². The maximum Gasteiger partial charge on any atom is 0.243 e. The van der Waals surface area contributed by atoms with Gasteiger partial charge >= 0.3 is 0 Å². The van der Waals surface area contributed by atoms with Gasteiger partial charge in [-0.3, -0.25) is 0 Å². The van der Waals surface area contributed by atoms with Crippen LogP contribution in [0.3, 0.4) is 0 Å². The molecule has 1 unspecified atom stereocenters. The van der Waals surface area contributed by atoms with Gasteiger partial charge in [0.25, 0.3) is 0 Å². The topological polar surface area (TPSA) is 79.3 Å². The van der Waals surface area contributed by atoms with E-state index < -0.39 is 16.1 Å². The molecule has 0 spiro atoms. The van der Waals surface area contributed by atoms with Crippen molar-refractivity contribution in [2.75, 3.05) is 6.54 Å². The first-order valence-corrected chi connectivity index (χ1v) is 7.11. The van der Waals surface area contributed by atoms with Crippen molar-refractivity contribution in [2.24, 2.45) is 0 Å². The highest BCUT2D eigenvalue weighted by Gasteiger charge is 2.17. The van der Waals surface area contributed by atoms with Crippen molar-refractivity contribution in [1.82, 2.24) is 9.71 Å². The second-order valence-corrected chi connectivity index (χ2v) is 5.63. The molecule has 1 rings (SSSR count). The van der Waals surface area contributed by atoms with E-state index in [0.717, 1.165) is 0 Å². The Kier molecular flexibility index (Phi) is 5.32. The summed E-state index contributed by atoms with van der Waals surface area (Å²) in [6.45, 7) is 2.00. The first-order chi connectivity index (χ1) is 7.97. The van der Waals surface area contributed by atoms with Crippen molar-refractivity contribution in [2.45, 2.75) is 30.8 Å². The Balaban J connectivity index is 2.67. The van der Waals surface area contributed by atoms with Crippen LogP contribution in [0.15, 0.2) is 23.2 Å². The minimum atomic E-state index is -3.65.